The SMILES string of the molecule is CCCCCCN(CCO)C(=O)c1cc(OC)ccc1Br. The number of hydrogen-bond acceptors (Lipinski definition) is 3. The third-order valence-electron chi connectivity index (χ3n) is 3.34. The van der Waals surface area contributed by atoms with Crippen molar-refractivity contribution in [3.8, 4) is 5.75 Å². The van der Waals surface area contributed by atoms with Gasteiger partial charge in [-0.3, -0.25) is 4.79 Å². The first-order chi connectivity index (χ1) is 10.1. The van der Waals surface area contributed by atoms with Gasteiger partial charge in [0.25, 0.3) is 5.91 Å². The highest BCUT2D eigenvalue weighted by Crippen LogP contribution is 2.24. The molecule has 0 saturated carbocycles. The van der Waals surface area contributed by atoms with Crippen LogP contribution in [0, 0.1) is 0 Å². The van der Waals surface area contributed by atoms with E-state index in [1.165, 1.54) is 6.42 Å². The Morgan fingerprint density at radius 1 is 1.29 bits per heavy atom. The molecular weight excluding hydrogens is 334 g/mol. The van der Waals surface area contributed by atoms with E-state index in [9.17, 15) is 9.90 Å². The summed E-state index contributed by atoms with van der Waals surface area (Å²) >= 11 is 3.41. The summed E-state index contributed by atoms with van der Waals surface area (Å²) in [5, 5.41) is 9.17. The highest BCUT2D eigenvalue weighted by atomic mass is 79.9. The maximum atomic E-state index is 12.6. The molecule has 0 fully saturated rings. The molecule has 0 aliphatic carbocycles. The number of nitrogens with zero attached hydrogens (tertiary/aromatic N) is 1. The zero-order valence-corrected chi connectivity index (χ0v) is 14.4. The fourth-order valence-corrected chi connectivity index (χ4v) is 2.55. The Bertz CT molecular complexity index is 451. The number of carbonyl (C=O) groups excluding carboxylic acids is 1. The number of halogens is 1. The minimum atomic E-state index is -0.0775. The molecule has 0 saturated heterocycles. The van der Waals surface area contributed by atoms with Crippen LogP contribution in [-0.4, -0.2) is 42.7 Å². The zero-order chi connectivity index (χ0) is 15.7. The lowest BCUT2D eigenvalue weighted by atomic mass is 10.1. The molecule has 0 aliphatic rings. The molecule has 0 radical (unpaired) electrons. The molecule has 118 valence electrons. The van der Waals surface area contributed by atoms with Crippen molar-refractivity contribution in [2.45, 2.75) is 32.6 Å². The van der Waals surface area contributed by atoms with Crippen LogP contribution in [0.1, 0.15) is 43.0 Å². The van der Waals surface area contributed by atoms with Crippen molar-refractivity contribution < 1.29 is 14.6 Å². The van der Waals surface area contributed by atoms with Crippen LogP contribution in [0.2, 0.25) is 0 Å². The molecule has 0 heterocycles. The Hall–Kier alpha value is -1.07. The van der Waals surface area contributed by atoms with Crippen LogP contribution in [0.25, 0.3) is 0 Å². The number of aliphatic hydroxyl groups excluding tert-OH is 1. The van der Waals surface area contributed by atoms with Gasteiger partial charge in [0, 0.05) is 17.6 Å². The second kappa shape index (κ2) is 9.79. The van der Waals surface area contributed by atoms with Gasteiger partial charge in [-0.25, -0.2) is 0 Å². The van der Waals surface area contributed by atoms with Crippen LogP contribution in [0.3, 0.4) is 0 Å². The molecule has 5 heteroatoms. The molecule has 4 nitrogen and oxygen atoms in total. The molecule has 0 aliphatic heterocycles. The predicted molar refractivity (Wildman–Crippen MR) is 87.8 cm³/mol. The average Bonchev–Trinajstić information content (AvgIpc) is 2.50. The quantitative estimate of drug-likeness (QED) is 0.688. The maximum absolute atomic E-state index is 12.6. The van der Waals surface area contributed by atoms with Crippen molar-refractivity contribution in [2.75, 3.05) is 26.8 Å². The largest absolute Gasteiger partial charge is 0.497 e. The molecule has 1 amide bonds. The first-order valence-electron chi connectivity index (χ1n) is 7.37. The number of aliphatic hydroxyl groups is 1. The van der Waals surface area contributed by atoms with Gasteiger partial charge in [-0.05, 0) is 40.5 Å². The molecule has 1 aromatic rings. The Labute approximate surface area is 135 Å². The van der Waals surface area contributed by atoms with Crippen molar-refractivity contribution in [3.63, 3.8) is 0 Å². The molecule has 1 N–H and O–H groups in total. The summed E-state index contributed by atoms with van der Waals surface area (Å²) < 4.78 is 5.91. The first kappa shape index (κ1) is 18.0. The second-order valence-corrected chi connectivity index (χ2v) is 5.78. The number of rotatable bonds is 9. The Kier molecular flexibility index (Phi) is 8.38. The molecule has 0 aromatic heterocycles. The molecular formula is C16H24BrNO3. The van der Waals surface area contributed by atoms with Gasteiger partial charge in [0.15, 0.2) is 0 Å². The average molecular weight is 358 g/mol. The summed E-state index contributed by atoms with van der Waals surface area (Å²) in [6.45, 7) is 3.16. The van der Waals surface area contributed by atoms with E-state index in [2.05, 4.69) is 22.9 Å². The predicted octanol–water partition coefficient (Wildman–Crippen LogP) is 3.47. The van der Waals surface area contributed by atoms with Crippen LogP contribution in [0.15, 0.2) is 22.7 Å². The number of carbonyl (C=O) groups is 1. The van der Waals surface area contributed by atoms with E-state index in [0.29, 0.717) is 24.4 Å². The Balaban J connectivity index is 2.79. The molecule has 0 bridgehead atoms. The monoisotopic (exact) mass is 357 g/mol. The molecule has 21 heavy (non-hydrogen) atoms. The summed E-state index contributed by atoms with van der Waals surface area (Å²) in [6, 6.07) is 5.33. The number of benzene rings is 1. The topological polar surface area (TPSA) is 49.8 Å². The van der Waals surface area contributed by atoms with Crippen LogP contribution in [-0.2, 0) is 0 Å². The van der Waals surface area contributed by atoms with Gasteiger partial charge in [0.1, 0.15) is 5.75 Å². The van der Waals surface area contributed by atoms with Gasteiger partial charge >= 0.3 is 0 Å². The van der Waals surface area contributed by atoms with Crippen molar-refractivity contribution in [1.29, 1.82) is 0 Å². The van der Waals surface area contributed by atoms with Crippen LogP contribution >= 0.6 is 15.9 Å². The first-order valence-corrected chi connectivity index (χ1v) is 8.17. The van der Waals surface area contributed by atoms with Gasteiger partial charge in [-0.2, -0.15) is 0 Å². The van der Waals surface area contributed by atoms with Gasteiger partial charge in [-0.1, -0.05) is 26.2 Å². The Morgan fingerprint density at radius 2 is 2.05 bits per heavy atom. The number of methoxy groups -OCH3 is 1. The highest BCUT2D eigenvalue weighted by molar-refractivity contribution is 9.10. The van der Waals surface area contributed by atoms with Gasteiger partial charge in [0.2, 0.25) is 0 Å². The molecule has 0 spiro atoms. The number of unbranched alkanes of at least 4 members (excludes halogenated alkanes) is 3. The van der Waals surface area contributed by atoms with Gasteiger partial charge in [0.05, 0.1) is 19.3 Å². The van der Waals surface area contributed by atoms with Crippen LogP contribution in [0.5, 0.6) is 5.75 Å². The fraction of sp³-hybridized carbons (Fsp3) is 0.562. The summed E-state index contributed by atoms with van der Waals surface area (Å²) in [5.74, 6) is 0.572. The van der Waals surface area contributed by atoms with Gasteiger partial charge < -0.3 is 14.7 Å². The van der Waals surface area contributed by atoms with E-state index in [1.807, 2.05) is 0 Å². The minimum absolute atomic E-state index is 0.0267. The standard InChI is InChI=1S/C16H24BrNO3/c1-3-4-5-6-9-18(10-11-19)16(20)14-12-13(21-2)7-8-15(14)17/h7-8,12,19H,3-6,9-11H2,1-2H3. The van der Waals surface area contributed by atoms with Crippen LogP contribution in [0.4, 0.5) is 0 Å². The molecule has 0 unspecified atom stereocenters. The van der Waals surface area contributed by atoms with Crippen molar-refractivity contribution in [1.82, 2.24) is 4.90 Å². The van der Waals surface area contributed by atoms with Crippen molar-refractivity contribution in [2.24, 2.45) is 0 Å². The number of amides is 1. The smallest absolute Gasteiger partial charge is 0.255 e. The lowest BCUT2D eigenvalue weighted by Gasteiger charge is -2.22. The maximum Gasteiger partial charge on any atom is 0.255 e. The van der Waals surface area contributed by atoms with Crippen molar-refractivity contribution >= 4 is 21.8 Å². The molecule has 1 rings (SSSR count). The van der Waals surface area contributed by atoms with E-state index >= 15 is 0 Å². The van der Waals surface area contributed by atoms with E-state index in [4.69, 9.17) is 4.74 Å². The number of ether oxygens (including phenoxy) is 1. The summed E-state index contributed by atoms with van der Waals surface area (Å²) in [5.41, 5.74) is 0.568. The van der Waals surface area contributed by atoms with E-state index in [0.717, 1.165) is 23.7 Å². The van der Waals surface area contributed by atoms with E-state index < -0.39 is 0 Å². The summed E-state index contributed by atoms with van der Waals surface area (Å²) in [6.07, 6.45) is 4.39. The molecule has 0 atom stereocenters. The highest BCUT2D eigenvalue weighted by Gasteiger charge is 2.18. The third kappa shape index (κ3) is 5.67. The third-order valence-corrected chi connectivity index (χ3v) is 4.03. The summed E-state index contributed by atoms with van der Waals surface area (Å²) in [4.78, 5) is 14.3. The normalized spacial score (nSPS) is 10.5. The lowest BCUT2D eigenvalue weighted by molar-refractivity contribution is 0.0717. The van der Waals surface area contributed by atoms with Crippen molar-refractivity contribution in [3.05, 3.63) is 28.2 Å². The van der Waals surface area contributed by atoms with Crippen LogP contribution < -0.4 is 4.74 Å². The number of hydrogen-bond donors (Lipinski definition) is 1. The second-order valence-electron chi connectivity index (χ2n) is 4.92. The minimum Gasteiger partial charge on any atom is -0.497 e. The fourth-order valence-electron chi connectivity index (χ4n) is 2.13. The zero-order valence-electron chi connectivity index (χ0n) is 12.8. The van der Waals surface area contributed by atoms with Gasteiger partial charge in [-0.15, -0.1) is 0 Å². The Morgan fingerprint density at radius 3 is 2.67 bits per heavy atom. The lowest BCUT2D eigenvalue weighted by Crippen LogP contribution is -2.34. The molecule has 1 aromatic carbocycles. The van der Waals surface area contributed by atoms with E-state index in [-0.39, 0.29) is 12.5 Å². The summed E-state index contributed by atoms with van der Waals surface area (Å²) in [7, 11) is 1.58. The van der Waals surface area contributed by atoms with E-state index in [1.54, 1.807) is 30.2 Å².